The van der Waals surface area contributed by atoms with E-state index in [1.165, 1.54) is 24.3 Å². The lowest BCUT2D eigenvalue weighted by atomic mass is 10.1. The number of hydrogen-bond acceptors (Lipinski definition) is 5. The molecule has 0 aromatic heterocycles. The monoisotopic (exact) mass is 420 g/mol. The van der Waals surface area contributed by atoms with Gasteiger partial charge >= 0.3 is 6.18 Å². The van der Waals surface area contributed by atoms with E-state index in [0.29, 0.717) is 11.3 Å². The molecule has 0 saturated carbocycles. The van der Waals surface area contributed by atoms with Crippen molar-refractivity contribution in [2.75, 3.05) is 18.5 Å². The second-order valence-corrected chi connectivity index (χ2v) is 5.81. The van der Waals surface area contributed by atoms with Gasteiger partial charge in [0.1, 0.15) is 13.2 Å². The van der Waals surface area contributed by atoms with E-state index in [-0.39, 0.29) is 5.56 Å². The van der Waals surface area contributed by atoms with Crippen LogP contribution in [0.4, 0.5) is 18.9 Å². The smallest absolute Gasteiger partial charge is 0.362 e. The molecule has 0 spiro atoms. The highest BCUT2D eigenvalue weighted by atomic mass is 19.4. The molecule has 0 aliphatic rings. The van der Waals surface area contributed by atoms with Gasteiger partial charge in [-0.3, -0.25) is 25.2 Å². The number of hydrazine groups is 1. The Balaban J connectivity index is 1.69. The van der Waals surface area contributed by atoms with Crippen molar-refractivity contribution in [2.45, 2.75) is 6.18 Å². The molecule has 0 radical (unpaired) electrons. The average molecular weight is 420 g/mol. The van der Waals surface area contributed by atoms with Gasteiger partial charge < -0.3 is 10.1 Å². The molecule has 156 valence electrons. The summed E-state index contributed by atoms with van der Waals surface area (Å²) in [5.74, 6) is -2.14. The van der Waals surface area contributed by atoms with E-state index in [0.717, 1.165) is 24.3 Å². The maximum Gasteiger partial charge on any atom is 0.416 e. The van der Waals surface area contributed by atoms with Crippen LogP contribution in [0.1, 0.15) is 21.5 Å². The Bertz CT molecular complexity index is 952. The van der Waals surface area contributed by atoms with Gasteiger partial charge in [-0.15, -0.1) is 0 Å². The van der Waals surface area contributed by atoms with Crippen LogP contribution in [0.15, 0.2) is 48.5 Å². The van der Waals surface area contributed by atoms with Crippen LogP contribution in [-0.4, -0.2) is 30.9 Å². The summed E-state index contributed by atoms with van der Waals surface area (Å²) in [6.45, 7) is -0.992. The first-order valence-corrected chi connectivity index (χ1v) is 8.33. The van der Waals surface area contributed by atoms with E-state index in [9.17, 15) is 27.6 Å². The Labute approximate surface area is 168 Å². The van der Waals surface area contributed by atoms with Crippen LogP contribution in [0, 0.1) is 11.3 Å². The second-order valence-electron chi connectivity index (χ2n) is 5.81. The van der Waals surface area contributed by atoms with Crippen molar-refractivity contribution in [3.63, 3.8) is 0 Å². The maximum absolute atomic E-state index is 12.5. The zero-order valence-electron chi connectivity index (χ0n) is 15.2. The lowest BCUT2D eigenvalue weighted by Crippen LogP contribution is -2.43. The molecule has 0 aliphatic carbocycles. The number of rotatable bonds is 6. The van der Waals surface area contributed by atoms with Crippen molar-refractivity contribution in [1.82, 2.24) is 10.9 Å². The lowest BCUT2D eigenvalue weighted by Gasteiger charge is -2.10. The van der Waals surface area contributed by atoms with Gasteiger partial charge in [0.25, 0.3) is 11.8 Å². The third-order valence-corrected chi connectivity index (χ3v) is 3.55. The number of benzene rings is 2. The van der Waals surface area contributed by atoms with Gasteiger partial charge in [-0.1, -0.05) is 0 Å². The third kappa shape index (κ3) is 6.92. The lowest BCUT2D eigenvalue weighted by molar-refractivity contribution is -0.137. The minimum Gasteiger partial charge on any atom is -0.362 e. The second kappa shape index (κ2) is 10.0. The molecule has 2 aromatic carbocycles. The molecule has 0 bridgehead atoms. The minimum absolute atomic E-state index is 0.0917. The van der Waals surface area contributed by atoms with Crippen LogP contribution in [0.3, 0.4) is 0 Å². The van der Waals surface area contributed by atoms with E-state index < -0.39 is 42.7 Å². The van der Waals surface area contributed by atoms with Crippen LogP contribution in [0.2, 0.25) is 0 Å². The molecule has 0 fully saturated rings. The summed E-state index contributed by atoms with van der Waals surface area (Å²) in [6.07, 6.45) is -4.52. The van der Waals surface area contributed by atoms with Crippen molar-refractivity contribution in [3.8, 4) is 6.07 Å². The summed E-state index contributed by atoms with van der Waals surface area (Å²) in [7, 11) is 0. The predicted octanol–water partition coefficient (Wildman–Crippen LogP) is 1.99. The molecule has 2 rings (SSSR count). The number of amides is 3. The summed E-state index contributed by atoms with van der Waals surface area (Å²) >= 11 is 0. The molecule has 11 heteroatoms. The van der Waals surface area contributed by atoms with E-state index >= 15 is 0 Å². The highest BCUT2D eigenvalue weighted by Crippen LogP contribution is 2.29. The quantitative estimate of drug-likeness (QED) is 0.618. The van der Waals surface area contributed by atoms with Gasteiger partial charge in [-0.25, -0.2) is 0 Å². The number of alkyl halides is 3. The fraction of sp³-hybridized carbons (Fsp3) is 0.158. The molecule has 0 unspecified atom stereocenters. The van der Waals surface area contributed by atoms with Gasteiger partial charge in [-0.05, 0) is 48.5 Å². The van der Waals surface area contributed by atoms with Crippen molar-refractivity contribution in [1.29, 1.82) is 5.26 Å². The van der Waals surface area contributed by atoms with Crippen molar-refractivity contribution in [3.05, 3.63) is 65.2 Å². The molecule has 3 amide bonds. The molecule has 2 aromatic rings. The van der Waals surface area contributed by atoms with Crippen LogP contribution >= 0.6 is 0 Å². The number of nitriles is 1. The molecular weight excluding hydrogens is 405 g/mol. The number of anilines is 1. The molecule has 3 N–H and O–H groups in total. The number of ether oxygens (including phenoxy) is 1. The van der Waals surface area contributed by atoms with E-state index in [2.05, 4.69) is 5.32 Å². The first-order chi connectivity index (χ1) is 14.2. The highest BCUT2D eigenvalue weighted by molar-refractivity contribution is 5.95. The zero-order valence-corrected chi connectivity index (χ0v) is 15.2. The number of nitrogens with zero attached hydrogens (tertiary/aromatic N) is 1. The highest BCUT2D eigenvalue weighted by Gasteiger charge is 2.30. The molecular formula is C19H15F3N4O4. The Hall–Kier alpha value is -3.91. The summed E-state index contributed by atoms with van der Waals surface area (Å²) in [5, 5.41) is 11.2. The molecule has 0 aliphatic heterocycles. The van der Waals surface area contributed by atoms with E-state index in [4.69, 9.17) is 10.00 Å². The first-order valence-electron chi connectivity index (χ1n) is 8.33. The Kier molecular flexibility index (Phi) is 7.49. The van der Waals surface area contributed by atoms with Gasteiger partial charge in [0.05, 0.1) is 17.2 Å². The number of halogens is 3. The van der Waals surface area contributed by atoms with E-state index in [1.807, 2.05) is 16.9 Å². The minimum atomic E-state index is -4.52. The Morgan fingerprint density at radius 2 is 1.50 bits per heavy atom. The van der Waals surface area contributed by atoms with Crippen molar-refractivity contribution < 1.29 is 32.3 Å². The number of nitrogens with one attached hydrogen (secondary N) is 3. The topological polar surface area (TPSA) is 120 Å². The van der Waals surface area contributed by atoms with Gasteiger partial charge in [0.2, 0.25) is 5.91 Å². The summed E-state index contributed by atoms with van der Waals surface area (Å²) in [5.41, 5.74) is 3.91. The van der Waals surface area contributed by atoms with Gasteiger partial charge in [0, 0.05) is 11.3 Å². The number of hydrogen-bond donors (Lipinski definition) is 3. The fourth-order valence-corrected chi connectivity index (χ4v) is 2.11. The average Bonchev–Trinajstić information content (AvgIpc) is 2.72. The number of carbonyl (C=O) groups excluding carboxylic acids is 3. The normalized spacial score (nSPS) is 10.6. The molecule has 0 atom stereocenters. The fourth-order valence-electron chi connectivity index (χ4n) is 2.11. The molecule has 30 heavy (non-hydrogen) atoms. The largest absolute Gasteiger partial charge is 0.416 e. The van der Waals surface area contributed by atoms with Gasteiger partial charge in [-0.2, -0.15) is 18.4 Å². The Morgan fingerprint density at radius 1 is 0.900 bits per heavy atom. The van der Waals surface area contributed by atoms with Crippen LogP contribution in [0.5, 0.6) is 0 Å². The summed E-state index contributed by atoms with van der Waals surface area (Å²) < 4.78 is 42.4. The third-order valence-electron chi connectivity index (χ3n) is 3.55. The molecule has 0 heterocycles. The predicted molar refractivity (Wildman–Crippen MR) is 97.7 cm³/mol. The van der Waals surface area contributed by atoms with Crippen molar-refractivity contribution in [2.24, 2.45) is 0 Å². The maximum atomic E-state index is 12.5. The SMILES string of the molecule is N#Cc1ccc(NC(=O)COCC(=O)NNC(=O)c2ccc(C(F)(F)F)cc2)cc1. The van der Waals surface area contributed by atoms with Crippen LogP contribution < -0.4 is 16.2 Å². The zero-order chi connectivity index (χ0) is 22.1. The van der Waals surface area contributed by atoms with Crippen LogP contribution in [0.25, 0.3) is 0 Å². The van der Waals surface area contributed by atoms with Crippen LogP contribution in [-0.2, 0) is 20.5 Å². The standard InChI is InChI=1S/C19H15F3N4O4/c20-19(21,22)14-5-3-13(4-6-14)18(29)26-25-17(28)11-30-10-16(27)24-15-7-1-12(9-23)2-8-15/h1-8H,10-11H2,(H,24,27)(H,25,28)(H,26,29). The van der Waals surface area contributed by atoms with Crippen molar-refractivity contribution >= 4 is 23.4 Å². The Morgan fingerprint density at radius 3 is 2.07 bits per heavy atom. The van der Waals surface area contributed by atoms with Gasteiger partial charge in [0.15, 0.2) is 0 Å². The molecule has 8 nitrogen and oxygen atoms in total. The number of carbonyl (C=O) groups is 3. The summed E-state index contributed by atoms with van der Waals surface area (Å²) in [4.78, 5) is 35.1. The van der Waals surface area contributed by atoms with E-state index in [1.54, 1.807) is 0 Å². The molecule has 0 saturated heterocycles. The first kappa shape index (κ1) is 22.4. The summed E-state index contributed by atoms with van der Waals surface area (Å²) in [6, 6.07) is 11.4.